The summed E-state index contributed by atoms with van der Waals surface area (Å²) in [5.74, 6) is -0.179. The zero-order valence-electron chi connectivity index (χ0n) is 13.0. The molecule has 1 aromatic carbocycles. The van der Waals surface area contributed by atoms with Gasteiger partial charge in [0.2, 0.25) is 0 Å². The van der Waals surface area contributed by atoms with Gasteiger partial charge in [-0.25, -0.2) is 0 Å². The van der Waals surface area contributed by atoms with Gasteiger partial charge >= 0.3 is 5.97 Å². The number of carbonyl (C=O) groups excluding carboxylic acids is 2. The molecule has 0 spiro atoms. The highest BCUT2D eigenvalue weighted by Crippen LogP contribution is 2.36. The van der Waals surface area contributed by atoms with E-state index < -0.39 is 5.41 Å². The summed E-state index contributed by atoms with van der Waals surface area (Å²) >= 11 is 0. The molecule has 0 saturated carbocycles. The van der Waals surface area contributed by atoms with Gasteiger partial charge < -0.3 is 9.64 Å². The Bertz CT molecular complexity index is 523. The first-order valence-electron chi connectivity index (χ1n) is 7.55. The lowest BCUT2D eigenvalue weighted by atomic mass is 9.84. The van der Waals surface area contributed by atoms with Crippen molar-refractivity contribution in [3.8, 4) is 0 Å². The maximum atomic E-state index is 12.5. The van der Waals surface area contributed by atoms with Crippen LogP contribution in [0, 0.1) is 12.3 Å². The van der Waals surface area contributed by atoms with Crippen LogP contribution in [0.15, 0.2) is 24.3 Å². The first-order valence-corrected chi connectivity index (χ1v) is 7.55. The van der Waals surface area contributed by atoms with E-state index in [0.717, 1.165) is 5.56 Å². The molecule has 1 unspecified atom stereocenters. The number of benzene rings is 1. The Hall–Kier alpha value is -1.84. The van der Waals surface area contributed by atoms with Gasteiger partial charge in [-0.2, -0.15) is 0 Å². The second kappa shape index (κ2) is 6.29. The van der Waals surface area contributed by atoms with Crippen LogP contribution in [0.1, 0.15) is 42.6 Å². The molecule has 4 heteroatoms. The summed E-state index contributed by atoms with van der Waals surface area (Å²) in [4.78, 5) is 26.5. The highest BCUT2D eigenvalue weighted by atomic mass is 16.5. The molecule has 0 aliphatic carbocycles. The van der Waals surface area contributed by atoms with Crippen molar-refractivity contribution in [2.75, 3.05) is 19.7 Å². The predicted molar refractivity (Wildman–Crippen MR) is 81.1 cm³/mol. The van der Waals surface area contributed by atoms with E-state index in [9.17, 15) is 9.59 Å². The van der Waals surface area contributed by atoms with E-state index in [-0.39, 0.29) is 11.9 Å². The molecule has 0 radical (unpaired) electrons. The number of aryl methyl sites for hydroxylation is 1. The number of amides is 1. The van der Waals surface area contributed by atoms with E-state index in [4.69, 9.17) is 4.74 Å². The molecule has 1 saturated heterocycles. The molecule has 0 bridgehead atoms. The quantitative estimate of drug-likeness (QED) is 0.801. The maximum Gasteiger partial charge on any atom is 0.313 e. The molecule has 1 heterocycles. The molecule has 4 nitrogen and oxygen atoms in total. The number of carbonyl (C=O) groups is 2. The Kier molecular flexibility index (Phi) is 4.66. The van der Waals surface area contributed by atoms with Crippen LogP contribution >= 0.6 is 0 Å². The van der Waals surface area contributed by atoms with E-state index in [1.165, 1.54) is 0 Å². The highest BCUT2D eigenvalue weighted by molar-refractivity contribution is 5.95. The third-order valence-corrected chi connectivity index (χ3v) is 4.32. The summed E-state index contributed by atoms with van der Waals surface area (Å²) in [5, 5.41) is 0. The summed E-state index contributed by atoms with van der Waals surface area (Å²) in [7, 11) is 0. The van der Waals surface area contributed by atoms with Crippen molar-refractivity contribution in [1.29, 1.82) is 0 Å². The third-order valence-electron chi connectivity index (χ3n) is 4.32. The number of ether oxygens (including phenoxy) is 1. The van der Waals surface area contributed by atoms with Crippen molar-refractivity contribution >= 4 is 11.9 Å². The zero-order chi connectivity index (χ0) is 15.5. The van der Waals surface area contributed by atoms with Gasteiger partial charge in [-0.3, -0.25) is 9.59 Å². The number of rotatable bonds is 4. The fourth-order valence-electron chi connectivity index (χ4n) is 2.81. The minimum Gasteiger partial charge on any atom is -0.466 e. The Morgan fingerprint density at radius 2 is 1.90 bits per heavy atom. The van der Waals surface area contributed by atoms with Gasteiger partial charge in [-0.15, -0.1) is 0 Å². The molecular formula is C17H23NO3. The van der Waals surface area contributed by atoms with Crippen LogP contribution in [0.5, 0.6) is 0 Å². The van der Waals surface area contributed by atoms with E-state index in [2.05, 4.69) is 0 Å². The molecule has 21 heavy (non-hydrogen) atoms. The second-order valence-corrected chi connectivity index (χ2v) is 5.70. The maximum absolute atomic E-state index is 12.5. The van der Waals surface area contributed by atoms with Gasteiger partial charge in [-0.1, -0.05) is 24.6 Å². The topological polar surface area (TPSA) is 46.6 Å². The van der Waals surface area contributed by atoms with Crippen LogP contribution in [0.2, 0.25) is 0 Å². The molecule has 1 atom stereocenters. The molecule has 1 amide bonds. The third kappa shape index (κ3) is 3.09. The molecule has 1 aliphatic rings. The molecule has 1 aliphatic heterocycles. The van der Waals surface area contributed by atoms with Gasteiger partial charge in [0.1, 0.15) is 0 Å². The van der Waals surface area contributed by atoms with Crippen LogP contribution in [-0.2, 0) is 9.53 Å². The minimum atomic E-state index is -0.531. The Morgan fingerprint density at radius 1 is 1.24 bits per heavy atom. The standard InChI is InChI=1S/C17H23NO3/c1-4-17(16(20)21-5-2)10-11-18(12-17)15(19)14-8-6-13(3)7-9-14/h6-9H,4-5,10-12H2,1-3H3. The molecule has 114 valence electrons. The average molecular weight is 289 g/mol. The molecule has 2 rings (SSSR count). The van der Waals surface area contributed by atoms with Gasteiger partial charge in [0.25, 0.3) is 5.91 Å². The molecule has 1 aromatic rings. The fourth-order valence-corrected chi connectivity index (χ4v) is 2.81. The predicted octanol–water partition coefficient (Wildman–Crippen LogP) is 2.80. The van der Waals surface area contributed by atoms with Crippen molar-refractivity contribution < 1.29 is 14.3 Å². The summed E-state index contributed by atoms with van der Waals surface area (Å²) in [6.45, 7) is 7.23. The van der Waals surface area contributed by atoms with Crippen LogP contribution in [0.25, 0.3) is 0 Å². The van der Waals surface area contributed by atoms with Crippen molar-refractivity contribution in [3.63, 3.8) is 0 Å². The van der Waals surface area contributed by atoms with E-state index in [1.807, 2.05) is 45.0 Å². The lowest BCUT2D eigenvalue weighted by Gasteiger charge is -2.25. The number of likely N-dealkylation sites (tertiary alicyclic amines) is 1. The second-order valence-electron chi connectivity index (χ2n) is 5.70. The first kappa shape index (κ1) is 15.5. The summed E-state index contributed by atoms with van der Waals surface area (Å²) in [5.41, 5.74) is 1.27. The van der Waals surface area contributed by atoms with E-state index in [0.29, 0.717) is 38.1 Å². The Balaban J connectivity index is 2.12. The zero-order valence-corrected chi connectivity index (χ0v) is 13.0. The lowest BCUT2D eigenvalue weighted by Crippen LogP contribution is -2.37. The largest absolute Gasteiger partial charge is 0.466 e. The normalized spacial score (nSPS) is 21.4. The Morgan fingerprint density at radius 3 is 2.48 bits per heavy atom. The van der Waals surface area contributed by atoms with Crippen molar-refractivity contribution in [2.24, 2.45) is 5.41 Å². The van der Waals surface area contributed by atoms with Crippen molar-refractivity contribution in [3.05, 3.63) is 35.4 Å². The number of hydrogen-bond donors (Lipinski definition) is 0. The number of nitrogens with zero attached hydrogens (tertiary/aromatic N) is 1. The molecular weight excluding hydrogens is 266 g/mol. The van der Waals surface area contributed by atoms with Crippen molar-refractivity contribution in [2.45, 2.75) is 33.6 Å². The molecule has 1 fully saturated rings. The fraction of sp³-hybridized carbons (Fsp3) is 0.529. The monoisotopic (exact) mass is 289 g/mol. The number of hydrogen-bond acceptors (Lipinski definition) is 3. The highest BCUT2D eigenvalue weighted by Gasteiger charge is 2.45. The van der Waals surface area contributed by atoms with Gasteiger partial charge in [-0.05, 0) is 38.8 Å². The molecule has 0 N–H and O–H groups in total. The van der Waals surface area contributed by atoms with Crippen LogP contribution < -0.4 is 0 Å². The van der Waals surface area contributed by atoms with Gasteiger partial charge in [0.15, 0.2) is 0 Å². The smallest absolute Gasteiger partial charge is 0.313 e. The minimum absolute atomic E-state index is 0.00498. The summed E-state index contributed by atoms with van der Waals surface area (Å²) in [6, 6.07) is 7.55. The van der Waals surface area contributed by atoms with Crippen molar-refractivity contribution in [1.82, 2.24) is 4.90 Å². The SMILES string of the molecule is CCOC(=O)C1(CC)CCN(C(=O)c2ccc(C)cc2)C1. The van der Waals surface area contributed by atoms with E-state index in [1.54, 1.807) is 4.90 Å². The van der Waals surface area contributed by atoms with Crippen LogP contribution in [0.4, 0.5) is 0 Å². The first-order chi connectivity index (χ1) is 10.0. The molecule has 0 aromatic heterocycles. The van der Waals surface area contributed by atoms with Crippen LogP contribution in [-0.4, -0.2) is 36.5 Å². The summed E-state index contributed by atoms with van der Waals surface area (Å²) < 4.78 is 5.19. The lowest BCUT2D eigenvalue weighted by molar-refractivity contribution is -0.154. The van der Waals surface area contributed by atoms with Crippen LogP contribution in [0.3, 0.4) is 0 Å². The van der Waals surface area contributed by atoms with Gasteiger partial charge in [0, 0.05) is 18.7 Å². The summed E-state index contributed by atoms with van der Waals surface area (Å²) in [6.07, 6.45) is 1.38. The Labute approximate surface area is 126 Å². The van der Waals surface area contributed by atoms with Gasteiger partial charge in [0.05, 0.1) is 12.0 Å². The average Bonchev–Trinajstić information content (AvgIpc) is 2.93. The van der Waals surface area contributed by atoms with E-state index >= 15 is 0 Å². The number of esters is 1.